The van der Waals surface area contributed by atoms with E-state index in [4.69, 9.17) is 4.74 Å². The summed E-state index contributed by atoms with van der Waals surface area (Å²) in [6.07, 6.45) is 0. The summed E-state index contributed by atoms with van der Waals surface area (Å²) >= 11 is 1.70. The van der Waals surface area contributed by atoms with Crippen molar-refractivity contribution >= 4 is 29.1 Å². The number of fused-ring (bicyclic) bond motifs is 4. The van der Waals surface area contributed by atoms with Crippen LogP contribution in [0.25, 0.3) is 0 Å². The van der Waals surface area contributed by atoms with Crippen LogP contribution in [0, 0.1) is 5.92 Å². The summed E-state index contributed by atoms with van der Waals surface area (Å²) in [6.45, 7) is 1.91. The van der Waals surface area contributed by atoms with Crippen molar-refractivity contribution in [3.63, 3.8) is 0 Å². The molecule has 4 heteroatoms. The Morgan fingerprint density at radius 2 is 1.86 bits per heavy atom. The average Bonchev–Trinajstić information content (AvgIpc) is 2.63. The van der Waals surface area contributed by atoms with Crippen LogP contribution in [0.3, 0.4) is 0 Å². The lowest BCUT2D eigenvalue weighted by atomic mass is 9.92. The minimum absolute atomic E-state index is 0.0230. The molecule has 2 aliphatic heterocycles. The summed E-state index contributed by atoms with van der Waals surface area (Å²) in [5.74, 6) is 0.140. The van der Waals surface area contributed by atoms with Crippen molar-refractivity contribution in [2.45, 2.75) is 17.1 Å². The SMILES string of the molecule is CC1=Nc2ccccc2S[C@@H]2c3ccccc3OC(=O)[C@H]12. The molecule has 0 aromatic heterocycles. The highest BCUT2D eigenvalue weighted by Gasteiger charge is 2.41. The second kappa shape index (κ2) is 4.74. The second-order valence-electron chi connectivity index (χ2n) is 5.20. The summed E-state index contributed by atoms with van der Waals surface area (Å²) in [5.41, 5.74) is 2.81. The van der Waals surface area contributed by atoms with E-state index in [0.29, 0.717) is 5.75 Å². The van der Waals surface area contributed by atoms with Gasteiger partial charge in [-0.2, -0.15) is 0 Å². The van der Waals surface area contributed by atoms with Gasteiger partial charge in [-0.15, -0.1) is 11.8 Å². The third kappa shape index (κ3) is 1.98. The first-order chi connectivity index (χ1) is 10.2. The van der Waals surface area contributed by atoms with Gasteiger partial charge >= 0.3 is 5.97 Å². The Kier molecular flexibility index (Phi) is 2.86. The van der Waals surface area contributed by atoms with Gasteiger partial charge in [-0.3, -0.25) is 9.79 Å². The lowest BCUT2D eigenvalue weighted by Crippen LogP contribution is -2.34. The predicted octanol–water partition coefficient (Wildman–Crippen LogP) is 4.16. The van der Waals surface area contributed by atoms with Crippen LogP contribution in [0.1, 0.15) is 17.7 Å². The topological polar surface area (TPSA) is 38.7 Å². The van der Waals surface area contributed by atoms with Gasteiger partial charge in [-0.25, -0.2) is 0 Å². The molecule has 0 bridgehead atoms. The molecule has 0 amide bonds. The van der Waals surface area contributed by atoms with Gasteiger partial charge in [0.2, 0.25) is 0 Å². The first kappa shape index (κ1) is 12.7. The molecule has 3 nitrogen and oxygen atoms in total. The highest BCUT2D eigenvalue weighted by Crippen LogP contribution is 2.51. The third-order valence-corrected chi connectivity index (χ3v) is 5.24. The zero-order valence-electron chi connectivity index (χ0n) is 11.4. The number of ether oxygens (including phenoxy) is 1. The molecule has 2 aromatic rings. The van der Waals surface area contributed by atoms with Gasteiger partial charge in [0.25, 0.3) is 0 Å². The van der Waals surface area contributed by atoms with Crippen LogP contribution in [-0.2, 0) is 4.79 Å². The number of carbonyl (C=O) groups excluding carboxylic acids is 1. The van der Waals surface area contributed by atoms with Crippen molar-refractivity contribution in [1.29, 1.82) is 0 Å². The molecule has 4 rings (SSSR count). The quantitative estimate of drug-likeness (QED) is 0.541. The zero-order valence-corrected chi connectivity index (χ0v) is 12.3. The normalized spacial score (nSPS) is 23.1. The molecule has 21 heavy (non-hydrogen) atoms. The lowest BCUT2D eigenvalue weighted by Gasteiger charge is -2.30. The van der Waals surface area contributed by atoms with Crippen molar-refractivity contribution < 1.29 is 9.53 Å². The Morgan fingerprint density at radius 3 is 2.76 bits per heavy atom. The van der Waals surface area contributed by atoms with Gasteiger partial charge in [-0.1, -0.05) is 30.3 Å². The second-order valence-corrected chi connectivity index (χ2v) is 6.38. The van der Waals surface area contributed by atoms with Crippen LogP contribution in [0.5, 0.6) is 5.75 Å². The van der Waals surface area contributed by atoms with Crippen molar-refractivity contribution in [3.05, 3.63) is 54.1 Å². The van der Waals surface area contributed by atoms with Gasteiger partial charge in [0.05, 0.1) is 10.9 Å². The first-order valence-electron chi connectivity index (χ1n) is 6.85. The molecule has 0 fully saturated rings. The van der Waals surface area contributed by atoms with Crippen LogP contribution in [0.15, 0.2) is 58.4 Å². The highest BCUT2D eigenvalue weighted by atomic mass is 32.2. The fourth-order valence-corrected chi connectivity index (χ4v) is 4.28. The molecule has 0 aliphatic carbocycles. The monoisotopic (exact) mass is 295 g/mol. The molecule has 2 heterocycles. The van der Waals surface area contributed by atoms with E-state index in [0.717, 1.165) is 21.9 Å². The van der Waals surface area contributed by atoms with Crippen LogP contribution in [0.4, 0.5) is 5.69 Å². The molecule has 2 atom stereocenters. The van der Waals surface area contributed by atoms with Crippen LogP contribution < -0.4 is 4.74 Å². The average molecular weight is 295 g/mol. The molecular weight excluding hydrogens is 282 g/mol. The van der Waals surface area contributed by atoms with Gasteiger partial charge in [-0.05, 0) is 25.1 Å². The fourth-order valence-electron chi connectivity index (χ4n) is 2.85. The van der Waals surface area contributed by atoms with Crippen LogP contribution in [-0.4, -0.2) is 11.7 Å². The van der Waals surface area contributed by atoms with E-state index in [1.165, 1.54) is 0 Å². The van der Waals surface area contributed by atoms with Crippen molar-refractivity contribution in [2.75, 3.05) is 0 Å². The Labute approximate surface area is 127 Å². The summed E-state index contributed by atoms with van der Waals surface area (Å²) < 4.78 is 5.49. The van der Waals surface area contributed by atoms with Crippen molar-refractivity contribution in [2.24, 2.45) is 10.9 Å². The highest BCUT2D eigenvalue weighted by molar-refractivity contribution is 7.99. The maximum absolute atomic E-state index is 12.4. The van der Waals surface area contributed by atoms with Crippen LogP contribution >= 0.6 is 11.8 Å². The summed E-state index contributed by atoms with van der Waals surface area (Å²) in [5, 5.41) is 0.0230. The first-order valence-corrected chi connectivity index (χ1v) is 7.73. The number of nitrogens with zero attached hydrogens (tertiary/aromatic N) is 1. The number of benzene rings is 2. The maximum Gasteiger partial charge on any atom is 0.321 e. The van der Waals surface area contributed by atoms with E-state index in [1.54, 1.807) is 11.8 Å². The van der Waals surface area contributed by atoms with E-state index in [9.17, 15) is 4.79 Å². The Morgan fingerprint density at radius 1 is 1.10 bits per heavy atom. The van der Waals surface area contributed by atoms with Crippen molar-refractivity contribution in [1.82, 2.24) is 0 Å². The smallest absolute Gasteiger partial charge is 0.321 e. The van der Waals surface area contributed by atoms with Crippen LogP contribution in [0.2, 0.25) is 0 Å². The van der Waals surface area contributed by atoms with Gasteiger partial charge in [0.1, 0.15) is 11.7 Å². The lowest BCUT2D eigenvalue weighted by molar-refractivity contribution is -0.137. The molecule has 2 aromatic carbocycles. The minimum atomic E-state index is -0.322. The largest absolute Gasteiger partial charge is 0.426 e. The van der Waals surface area contributed by atoms with E-state index in [1.807, 2.05) is 49.4 Å². The van der Waals surface area contributed by atoms with Gasteiger partial charge < -0.3 is 4.74 Å². The molecule has 104 valence electrons. The summed E-state index contributed by atoms with van der Waals surface area (Å²) in [4.78, 5) is 18.1. The molecule has 0 spiro atoms. The Balaban J connectivity index is 1.92. The van der Waals surface area contributed by atoms with E-state index in [2.05, 4.69) is 11.1 Å². The number of rotatable bonds is 0. The third-order valence-electron chi connectivity index (χ3n) is 3.86. The number of esters is 1. The van der Waals surface area contributed by atoms with E-state index >= 15 is 0 Å². The molecule has 2 aliphatic rings. The predicted molar refractivity (Wildman–Crippen MR) is 83.4 cm³/mol. The van der Waals surface area contributed by atoms with E-state index < -0.39 is 0 Å². The number of aliphatic imine (C=N–C) groups is 1. The molecule has 0 saturated carbocycles. The molecule has 0 N–H and O–H groups in total. The summed E-state index contributed by atoms with van der Waals surface area (Å²) in [6, 6.07) is 15.8. The summed E-state index contributed by atoms with van der Waals surface area (Å²) in [7, 11) is 0. The zero-order chi connectivity index (χ0) is 14.4. The molecular formula is C17H13NO2S. The standard InChI is InChI=1S/C17H13NO2S/c1-10-15-16(21-14-9-5-3-7-12(14)18-10)11-6-2-4-8-13(11)20-17(15)19/h2-9,15-16H,1H3/t15-,16-/m1/s1. The molecule has 0 unspecified atom stereocenters. The molecule has 0 saturated heterocycles. The number of thioether (sulfide) groups is 1. The maximum atomic E-state index is 12.4. The van der Waals surface area contributed by atoms with E-state index in [-0.39, 0.29) is 17.1 Å². The fraction of sp³-hybridized carbons (Fsp3) is 0.176. The number of carbonyl (C=O) groups is 1. The number of hydrogen-bond donors (Lipinski definition) is 0. The Hall–Kier alpha value is -2.07. The molecule has 0 radical (unpaired) electrons. The number of para-hydroxylation sites is 2. The van der Waals surface area contributed by atoms with Gasteiger partial charge in [0.15, 0.2) is 0 Å². The van der Waals surface area contributed by atoms with Gasteiger partial charge in [0, 0.05) is 16.2 Å². The Bertz CT molecular complexity index is 769. The number of hydrogen-bond acceptors (Lipinski definition) is 4. The van der Waals surface area contributed by atoms with Crippen molar-refractivity contribution in [3.8, 4) is 5.75 Å². The minimum Gasteiger partial charge on any atom is -0.426 e.